The number of hydrogen-bond acceptors (Lipinski definition) is 10. The second-order valence-electron chi connectivity index (χ2n) is 19.7. The Kier molecular flexibility index (Phi) is 11.8. The van der Waals surface area contributed by atoms with E-state index in [1.807, 2.05) is 55.8 Å². The van der Waals surface area contributed by atoms with E-state index < -0.39 is 24.3 Å². The maximum atomic E-state index is 14.5. The minimum absolute atomic E-state index is 0.0167. The van der Waals surface area contributed by atoms with Gasteiger partial charge in [-0.3, -0.25) is 9.59 Å². The zero-order valence-corrected chi connectivity index (χ0v) is 38.4. The number of methoxy groups -OCH3 is 2. The fourth-order valence-electron chi connectivity index (χ4n) is 11.8. The highest BCUT2D eigenvalue weighted by atomic mass is 16.5. The number of aromatic nitrogens is 4. The number of fused-ring (bicyclic) bond motifs is 3. The summed E-state index contributed by atoms with van der Waals surface area (Å²) in [5.74, 6) is 8.42. The first-order valence-corrected chi connectivity index (χ1v) is 23.6. The Balaban J connectivity index is 0.822. The summed E-state index contributed by atoms with van der Waals surface area (Å²) in [5, 5.41) is 7.84. The molecule has 2 aromatic carbocycles. The van der Waals surface area contributed by atoms with E-state index in [2.05, 4.69) is 56.7 Å². The van der Waals surface area contributed by atoms with E-state index in [0.29, 0.717) is 49.0 Å². The van der Waals surface area contributed by atoms with Crippen molar-refractivity contribution in [3.05, 3.63) is 71.7 Å². The zero-order chi connectivity index (χ0) is 46.0. The molecule has 4 amide bonds. The summed E-state index contributed by atoms with van der Waals surface area (Å²) in [6.45, 7) is 8.04. The maximum Gasteiger partial charge on any atom is 0.407 e. The van der Waals surface area contributed by atoms with Crippen LogP contribution in [0.5, 0.6) is 0 Å². The van der Waals surface area contributed by atoms with E-state index >= 15 is 0 Å². The number of carbonyl (C=O) groups excluding carboxylic acids is 4. The highest BCUT2D eigenvalue weighted by Gasteiger charge is 2.58. The molecule has 10 rings (SSSR count). The van der Waals surface area contributed by atoms with Gasteiger partial charge in [-0.25, -0.2) is 19.6 Å². The largest absolute Gasteiger partial charge is 0.453 e. The Morgan fingerprint density at radius 2 is 1.15 bits per heavy atom. The van der Waals surface area contributed by atoms with Crippen LogP contribution in [0, 0.1) is 35.5 Å². The van der Waals surface area contributed by atoms with E-state index in [4.69, 9.17) is 28.9 Å². The molecule has 0 bridgehead atoms. The van der Waals surface area contributed by atoms with Crippen LogP contribution < -0.4 is 10.6 Å². The molecule has 16 heteroatoms. The van der Waals surface area contributed by atoms with Crippen molar-refractivity contribution in [3.8, 4) is 23.1 Å². The molecule has 4 N–H and O–H groups in total. The lowest BCUT2D eigenvalue weighted by atomic mass is 9.85. The topological polar surface area (TPSA) is 193 Å². The van der Waals surface area contributed by atoms with Crippen molar-refractivity contribution < 1.29 is 38.1 Å². The van der Waals surface area contributed by atoms with Crippen LogP contribution in [-0.2, 0) is 28.5 Å². The third-order valence-electron chi connectivity index (χ3n) is 14.9. The number of nitrogens with one attached hydrogen (secondary N) is 4. The third-order valence-corrected chi connectivity index (χ3v) is 14.9. The molecule has 6 aliphatic rings. The van der Waals surface area contributed by atoms with E-state index in [1.54, 1.807) is 6.20 Å². The molecular weight excluding hydrogens is 841 g/mol. The smallest absolute Gasteiger partial charge is 0.407 e. The van der Waals surface area contributed by atoms with Gasteiger partial charge in [-0.15, -0.1) is 0 Å². The van der Waals surface area contributed by atoms with Crippen LogP contribution in [0.1, 0.15) is 114 Å². The van der Waals surface area contributed by atoms with Crippen LogP contribution in [0.25, 0.3) is 22.0 Å². The Morgan fingerprint density at radius 1 is 0.652 bits per heavy atom. The van der Waals surface area contributed by atoms with Crippen LogP contribution >= 0.6 is 0 Å². The number of ether oxygens (including phenoxy) is 4. The summed E-state index contributed by atoms with van der Waals surface area (Å²) in [4.78, 5) is 74.4. The van der Waals surface area contributed by atoms with Gasteiger partial charge in [0.25, 0.3) is 0 Å². The highest BCUT2D eigenvalue weighted by Crippen LogP contribution is 2.55. The zero-order valence-electron chi connectivity index (χ0n) is 38.4. The van der Waals surface area contributed by atoms with Crippen molar-refractivity contribution in [2.45, 2.75) is 140 Å². The molecule has 14 atom stereocenters. The molecule has 4 saturated heterocycles. The summed E-state index contributed by atoms with van der Waals surface area (Å²) in [6, 6.07) is 10.7. The van der Waals surface area contributed by atoms with Crippen molar-refractivity contribution in [3.63, 3.8) is 0 Å². The van der Waals surface area contributed by atoms with Crippen molar-refractivity contribution in [2.75, 3.05) is 14.2 Å². The Hall–Kier alpha value is -5.92. The fourth-order valence-corrected chi connectivity index (χ4v) is 11.8. The molecule has 16 nitrogen and oxygen atoms in total. The van der Waals surface area contributed by atoms with Gasteiger partial charge in [0.1, 0.15) is 29.4 Å². The van der Waals surface area contributed by atoms with Crippen molar-refractivity contribution >= 4 is 34.8 Å². The summed E-state index contributed by atoms with van der Waals surface area (Å²) in [5.41, 5.74) is 3.16. The van der Waals surface area contributed by atoms with Crippen LogP contribution in [0.4, 0.5) is 9.59 Å². The van der Waals surface area contributed by atoms with E-state index in [9.17, 15) is 19.2 Å². The molecule has 0 radical (unpaired) electrons. The number of H-pyrrole nitrogens is 2. The fraction of sp³-hybridized carbons (Fsp3) is 0.560. The van der Waals surface area contributed by atoms with Gasteiger partial charge in [-0.05, 0) is 138 Å². The van der Waals surface area contributed by atoms with E-state index in [-0.39, 0.29) is 72.2 Å². The molecule has 2 aliphatic carbocycles. The number of likely N-dealkylation sites (tertiary alicyclic amines) is 2. The number of rotatable bonds is 9. The molecule has 348 valence electrons. The Bertz CT molecular complexity index is 2560. The SMILES string of the molecule is COC(=O)NC(C(=O)N1[C@@H]2C[C@@H]2C[C@H]1c1nc(C#Cc2ccc3cc(-c4c[nH]c([C@@H]5C[C@H]6C[C@H]6N5C(=O)C(NC(=O)OC)[C@H]5C[C@@H](C)O[C@@H](C)C5)n4)ccc3c2)c[nH]1)[C@H]1C[C@@H](C)O[C@@H](C)C1. The Morgan fingerprint density at radius 3 is 1.70 bits per heavy atom. The Labute approximate surface area is 384 Å². The van der Waals surface area contributed by atoms with Gasteiger partial charge >= 0.3 is 12.2 Å². The molecule has 6 heterocycles. The van der Waals surface area contributed by atoms with E-state index in [1.165, 1.54) is 14.2 Å². The molecule has 66 heavy (non-hydrogen) atoms. The monoisotopic (exact) mass is 900 g/mol. The molecule has 4 aliphatic heterocycles. The maximum absolute atomic E-state index is 14.5. The van der Waals surface area contributed by atoms with Crippen LogP contribution in [-0.4, -0.2) is 117 Å². The predicted octanol–water partition coefficient (Wildman–Crippen LogP) is 6.53. The van der Waals surface area contributed by atoms with Gasteiger partial charge in [0.2, 0.25) is 11.8 Å². The average Bonchev–Trinajstić information content (AvgIpc) is 3.89. The van der Waals surface area contributed by atoms with Gasteiger partial charge in [-0.2, -0.15) is 0 Å². The van der Waals surface area contributed by atoms with Gasteiger partial charge in [0, 0.05) is 35.6 Å². The van der Waals surface area contributed by atoms with Crippen LogP contribution in [0.3, 0.4) is 0 Å². The predicted molar refractivity (Wildman–Crippen MR) is 242 cm³/mol. The molecule has 4 aromatic rings. The highest BCUT2D eigenvalue weighted by molar-refractivity contribution is 5.89. The minimum Gasteiger partial charge on any atom is -0.453 e. The third kappa shape index (κ3) is 8.75. The molecular formula is C50H60N8O8. The number of aromatic amines is 2. The van der Waals surface area contributed by atoms with Gasteiger partial charge in [0.05, 0.1) is 56.4 Å². The van der Waals surface area contributed by atoms with Crippen LogP contribution in [0.2, 0.25) is 0 Å². The lowest BCUT2D eigenvalue weighted by Crippen LogP contribution is -2.55. The number of carbonyl (C=O) groups is 4. The second-order valence-corrected chi connectivity index (χ2v) is 19.7. The molecule has 2 aromatic heterocycles. The van der Waals surface area contributed by atoms with Crippen molar-refractivity contribution in [2.24, 2.45) is 23.7 Å². The molecule has 0 spiro atoms. The first-order chi connectivity index (χ1) is 31.8. The second kappa shape index (κ2) is 17.7. The van der Waals surface area contributed by atoms with Crippen molar-refractivity contribution in [1.29, 1.82) is 0 Å². The number of nitrogens with zero attached hydrogens (tertiary/aromatic N) is 4. The number of alkyl carbamates (subject to hydrolysis) is 2. The quantitative estimate of drug-likeness (QED) is 0.134. The minimum atomic E-state index is -0.721. The molecule has 6 fully saturated rings. The van der Waals surface area contributed by atoms with E-state index in [0.717, 1.165) is 59.1 Å². The number of imidazole rings is 2. The molecule has 2 unspecified atom stereocenters. The first-order valence-electron chi connectivity index (χ1n) is 23.6. The van der Waals surface area contributed by atoms with Crippen LogP contribution in [0.15, 0.2) is 48.8 Å². The van der Waals surface area contributed by atoms with Gasteiger partial charge in [-0.1, -0.05) is 24.1 Å². The van der Waals surface area contributed by atoms with Gasteiger partial charge in [0.15, 0.2) is 0 Å². The van der Waals surface area contributed by atoms with Gasteiger partial charge < -0.3 is 49.3 Å². The normalized spacial score (nSPS) is 31.7. The summed E-state index contributed by atoms with van der Waals surface area (Å²) in [7, 11) is 2.64. The first kappa shape index (κ1) is 43.9. The summed E-state index contributed by atoms with van der Waals surface area (Å²) < 4.78 is 21.8. The lowest BCUT2D eigenvalue weighted by molar-refractivity contribution is -0.140. The molecule has 2 saturated carbocycles. The number of amides is 4. The standard InChI is InChI=1S/C50H60N8O8/c1-25-13-35(14-26(2)65-25)43(55-49(61)63-5)47(59)57-39-19-33(39)21-41(57)45-51-23-37(53-45)12-8-29-7-9-31-18-32(11-10-30(31)17-29)38-24-52-46(54-38)42-22-34-20-40(34)58(42)48(60)44(56-50(62)64-6)36-15-27(3)66-28(4)16-36/h7,9-11,17-18,23-28,33-36,39-44H,13-16,19-22H2,1-6H3,(H,51,53)(H,52,54)(H,55,61)(H,56,62)/t25-,26+,27-,28+,33-,34-,35+,36+,39-,40-,41+,42+,43?,44?/m1/s1. The number of piperidine rings is 2. The number of hydrogen-bond donors (Lipinski definition) is 4. The summed E-state index contributed by atoms with van der Waals surface area (Å²) >= 11 is 0. The average molecular weight is 901 g/mol. The number of benzene rings is 2. The summed E-state index contributed by atoms with van der Waals surface area (Å²) in [6.07, 6.45) is 8.61. The lowest BCUT2D eigenvalue weighted by Gasteiger charge is -2.38. The van der Waals surface area contributed by atoms with Crippen molar-refractivity contribution in [1.82, 2.24) is 40.4 Å².